The molecule has 0 saturated carbocycles. The zero-order chi connectivity index (χ0) is 28.7. The highest BCUT2D eigenvalue weighted by molar-refractivity contribution is 5.98. The van der Waals surface area contributed by atoms with Crippen molar-refractivity contribution >= 4 is 23.1 Å². The van der Waals surface area contributed by atoms with Crippen LogP contribution < -0.4 is 15.6 Å². The third-order valence-electron chi connectivity index (χ3n) is 7.02. The van der Waals surface area contributed by atoms with Crippen LogP contribution in [0.5, 0.6) is 5.75 Å². The highest BCUT2D eigenvalue weighted by Gasteiger charge is 2.32. The van der Waals surface area contributed by atoms with Crippen molar-refractivity contribution in [3.8, 4) is 5.75 Å². The Bertz CT molecular complexity index is 1390. The van der Waals surface area contributed by atoms with Crippen molar-refractivity contribution in [1.82, 2.24) is 25.3 Å². The molecule has 2 aromatic carbocycles. The SMILES string of the molecule is CC.FC1(F)CCNC1.O=CN1CCN(C(=O)c2cc(Cc3n[nH]c(=O)c4ccccc34)cc3c2OCC3)CC1. The van der Waals surface area contributed by atoms with Crippen molar-refractivity contribution in [3.63, 3.8) is 0 Å². The van der Waals surface area contributed by atoms with E-state index in [-0.39, 0.29) is 24.4 Å². The number of amides is 2. The molecule has 2 fully saturated rings. The van der Waals surface area contributed by atoms with Crippen LogP contribution in [0, 0.1) is 0 Å². The van der Waals surface area contributed by atoms with E-state index >= 15 is 0 Å². The van der Waals surface area contributed by atoms with E-state index in [9.17, 15) is 23.2 Å². The Morgan fingerprint density at radius 1 is 1.12 bits per heavy atom. The molecule has 4 heterocycles. The second-order valence-electron chi connectivity index (χ2n) is 9.67. The highest BCUT2D eigenvalue weighted by Crippen LogP contribution is 2.33. The Morgan fingerprint density at radius 2 is 1.85 bits per heavy atom. The molecular formula is C29H35F2N5O4. The first-order chi connectivity index (χ1) is 19.3. The van der Waals surface area contributed by atoms with Gasteiger partial charge in [0.15, 0.2) is 0 Å². The largest absolute Gasteiger partial charge is 0.492 e. The lowest BCUT2D eigenvalue weighted by Gasteiger charge is -2.32. The molecule has 214 valence electrons. The average molecular weight is 556 g/mol. The molecule has 0 spiro atoms. The summed E-state index contributed by atoms with van der Waals surface area (Å²) >= 11 is 0. The maximum Gasteiger partial charge on any atom is 0.272 e. The summed E-state index contributed by atoms with van der Waals surface area (Å²) in [7, 11) is 0. The normalized spacial score (nSPS) is 17.2. The van der Waals surface area contributed by atoms with E-state index in [1.807, 2.05) is 38.1 Å². The predicted octanol–water partition coefficient (Wildman–Crippen LogP) is 3.00. The highest BCUT2D eigenvalue weighted by atomic mass is 19.3. The molecule has 1 aromatic heterocycles. The van der Waals surface area contributed by atoms with Crippen LogP contribution in [0.2, 0.25) is 0 Å². The molecule has 3 aliphatic heterocycles. The number of H-pyrrole nitrogens is 1. The van der Waals surface area contributed by atoms with Gasteiger partial charge >= 0.3 is 0 Å². The third-order valence-corrected chi connectivity index (χ3v) is 7.02. The first-order valence-electron chi connectivity index (χ1n) is 13.7. The van der Waals surface area contributed by atoms with Gasteiger partial charge in [0.05, 0.1) is 29.8 Å². The summed E-state index contributed by atoms with van der Waals surface area (Å²) in [5, 5.41) is 10.8. The molecule has 11 heteroatoms. The number of alkyl halides is 2. The van der Waals surface area contributed by atoms with Gasteiger partial charge in [-0.2, -0.15) is 5.10 Å². The van der Waals surface area contributed by atoms with E-state index in [0.29, 0.717) is 62.5 Å². The molecule has 3 aromatic rings. The summed E-state index contributed by atoms with van der Waals surface area (Å²) in [5.41, 5.74) is 3.06. The molecule has 0 atom stereocenters. The van der Waals surface area contributed by atoms with Crippen LogP contribution in [0.25, 0.3) is 10.8 Å². The molecule has 2 amide bonds. The minimum Gasteiger partial charge on any atom is -0.492 e. The summed E-state index contributed by atoms with van der Waals surface area (Å²) in [5.74, 6) is -1.84. The standard InChI is InChI=1S/C23H22N4O4.C4H7F2N.C2H6/c28-14-26-6-8-27(9-7-26)23(30)19-12-15(11-16-5-10-31-21(16)19)13-20-17-3-1-2-4-18(17)22(29)25-24-20;5-4(6)1-2-7-3-4;1-2/h1-4,11-12,14H,5-10,13H2,(H,25,29);7H,1-3H2;1-2H3. The summed E-state index contributed by atoms with van der Waals surface area (Å²) < 4.78 is 29.6. The van der Waals surface area contributed by atoms with E-state index in [0.717, 1.165) is 35.0 Å². The number of benzene rings is 2. The molecule has 0 radical (unpaired) electrons. The Kier molecular flexibility index (Phi) is 9.46. The first-order valence-corrected chi connectivity index (χ1v) is 13.7. The molecule has 3 aliphatic rings. The van der Waals surface area contributed by atoms with Crippen molar-refractivity contribution in [3.05, 3.63) is 69.1 Å². The number of piperazine rings is 1. The molecular weight excluding hydrogens is 520 g/mol. The van der Waals surface area contributed by atoms with Crippen LogP contribution in [0.1, 0.15) is 47.4 Å². The Morgan fingerprint density at radius 3 is 2.48 bits per heavy atom. The summed E-state index contributed by atoms with van der Waals surface area (Å²) in [6, 6.07) is 11.3. The number of ether oxygens (including phenoxy) is 1. The Balaban J connectivity index is 0.000000355. The maximum atomic E-state index is 13.3. The van der Waals surface area contributed by atoms with Crippen LogP contribution in [0.4, 0.5) is 8.78 Å². The van der Waals surface area contributed by atoms with Gasteiger partial charge < -0.3 is 19.9 Å². The lowest BCUT2D eigenvalue weighted by molar-refractivity contribution is -0.119. The third kappa shape index (κ3) is 6.64. The van der Waals surface area contributed by atoms with Gasteiger partial charge in [-0.25, -0.2) is 13.9 Å². The van der Waals surface area contributed by atoms with Crippen LogP contribution in [-0.4, -0.2) is 84.1 Å². The number of halogens is 2. The number of hydrogen-bond acceptors (Lipinski definition) is 6. The van der Waals surface area contributed by atoms with Gasteiger partial charge in [0.1, 0.15) is 5.75 Å². The first kappa shape index (κ1) is 29.1. The maximum absolute atomic E-state index is 13.3. The van der Waals surface area contributed by atoms with Crippen molar-refractivity contribution in [2.45, 2.75) is 39.0 Å². The minimum atomic E-state index is -2.42. The van der Waals surface area contributed by atoms with Gasteiger partial charge in [-0.05, 0) is 23.3 Å². The van der Waals surface area contributed by atoms with Gasteiger partial charge in [0, 0.05) is 57.4 Å². The second-order valence-corrected chi connectivity index (χ2v) is 9.67. The molecule has 2 saturated heterocycles. The number of nitrogens with one attached hydrogen (secondary N) is 2. The van der Waals surface area contributed by atoms with Crippen LogP contribution >= 0.6 is 0 Å². The summed E-state index contributed by atoms with van der Waals surface area (Å²) in [6.07, 6.45) is 2.07. The fourth-order valence-corrected chi connectivity index (χ4v) is 4.97. The Hall–Kier alpha value is -3.86. The van der Waals surface area contributed by atoms with Crippen LogP contribution in [-0.2, 0) is 17.6 Å². The number of aromatic nitrogens is 2. The van der Waals surface area contributed by atoms with E-state index in [4.69, 9.17) is 4.74 Å². The zero-order valence-electron chi connectivity index (χ0n) is 22.8. The minimum absolute atomic E-state index is 0.00694. The summed E-state index contributed by atoms with van der Waals surface area (Å²) in [6.45, 7) is 6.96. The van der Waals surface area contributed by atoms with Crippen molar-refractivity contribution < 1.29 is 23.1 Å². The number of aromatic amines is 1. The van der Waals surface area contributed by atoms with E-state index < -0.39 is 5.92 Å². The fraction of sp³-hybridized carbons (Fsp3) is 0.448. The predicted molar refractivity (Wildman–Crippen MR) is 148 cm³/mol. The van der Waals surface area contributed by atoms with Gasteiger partial charge in [0.2, 0.25) is 6.41 Å². The monoisotopic (exact) mass is 555 g/mol. The smallest absolute Gasteiger partial charge is 0.272 e. The van der Waals surface area contributed by atoms with Gasteiger partial charge in [0.25, 0.3) is 17.4 Å². The molecule has 6 rings (SSSR count). The lowest BCUT2D eigenvalue weighted by Crippen LogP contribution is -2.48. The number of hydrogen-bond donors (Lipinski definition) is 2. The van der Waals surface area contributed by atoms with Crippen molar-refractivity contribution in [2.75, 3.05) is 45.9 Å². The van der Waals surface area contributed by atoms with Gasteiger partial charge in [-0.1, -0.05) is 38.1 Å². The van der Waals surface area contributed by atoms with Crippen molar-refractivity contribution in [1.29, 1.82) is 0 Å². The molecule has 0 bridgehead atoms. The number of rotatable bonds is 4. The number of fused-ring (bicyclic) bond motifs is 2. The molecule has 0 aliphatic carbocycles. The lowest BCUT2D eigenvalue weighted by atomic mass is 9.98. The number of carbonyl (C=O) groups is 2. The van der Waals surface area contributed by atoms with Crippen molar-refractivity contribution in [2.24, 2.45) is 0 Å². The zero-order valence-corrected chi connectivity index (χ0v) is 22.8. The van der Waals surface area contributed by atoms with Gasteiger partial charge in [-0.15, -0.1) is 0 Å². The molecule has 40 heavy (non-hydrogen) atoms. The van der Waals surface area contributed by atoms with E-state index in [1.54, 1.807) is 15.9 Å². The fourth-order valence-electron chi connectivity index (χ4n) is 4.97. The van der Waals surface area contributed by atoms with Crippen LogP contribution in [0.3, 0.4) is 0 Å². The molecule has 9 nitrogen and oxygen atoms in total. The van der Waals surface area contributed by atoms with E-state index in [1.165, 1.54) is 0 Å². The molecule has 0 unspecified atom stereocenters. The average Bonchev–Trinajstić information content (AvgIpc) is 3.63. The number of nitrogens with zero attached hydrogens (tertiary/aromatic N) is 3. The van der Waals surface area contributed by atoms with E-state index in [2.05, 4.69) is 21.6 Å². The second kappa shape index (κ2) is 13.0. The quantitative estimate of drug-likeness (QED) is 0.480. The van der Waals surface area contributed by atoms with Gasteiger partial charge in [-0.3, -0.25) is 14.4 Å². The summed E-state index contributed by atoms with van der Waals surface area (Å²) in [4.78, 5) is 39.8. The Labute approximate surface area is 231 Å². The molecule has 2 N–H and O–H groups in total. The topological polar surface area (TPSA) is 108 Å². The number of carbonyl (C=O) groups excluding carboxylic acids is 2. The van der Waals surface area contributed by atoms with Crippen LogP contribution in [0.15, 0.2) is 41.2 Å².